The van der Waals surface area contributed by atoms with Crippen molar-refractivity contribution in [2.24, 2.45) is 0 Å². The van der Waals surface area contributed by atoms with Crippen molar-refractivity contribution >= 4 is 70.0 Å². The van der Waals surface area contributed by atoms with Crippen molar-refractivity contribution in [2.45, 2.75) is 56.5 Å². The molecule has 23 nitrogen and oxygen atoms in total. The number of likely N-dealkylation sites (N-methyl/N-ethyl adjacent to an activating group) is 1. The molecule has 1 unspecified atom stereocenters. The largest absolute Gasteiger partial charge is 0.495 e. The van der Waals surface area contributed by atoms with Gasteiger partial charge in [-0.3, -0.25) is 39.0 Å². The Morgan fingerprint density at radius 3 is 2.08 bits per heavy atom. The Labute approximate surface area is 439 Å². The van der Waals surface area contributed by atoms with E-state index in [4.69, 9.17) is 33.4 Å². The van der Waals surface area contributed by atoms with Gasteiger partial charge in [-0.25, -0.2) is 4.98 Å². The zero-order valence-corrected chi connectivity index (χ0v) is 43.2. The summed E-state index contributed by atoms with van der Waals surface area (Å²) in [6.07, 6.45) is 4.73. The summed E-state index contributed by atoms with van der Waals surface area (Å²) >= 11 is 0. The molecule has 1 saturated carbocycles. The molecule has 3 aromatic rings. The zero-order chi connectivity index (χ0) is 53.8. The molecule has 0 radical (unpaired) electrons. The van der Waals surface area contributed by atoms with E-state index < -0.39 is 48.0 Å². The van der Waals surface area contributed by atoms with Crippen LogP contribution in [0.3, 0.4) is 0 Å². The number of amides is 6. The molecule has 1 aliphatic carbocycles. The van der Waals surface area contributed by atoms with Crippen LogP contribution >= 0.6 is 0 Å². The standard InChI is InChI=1S/C51H67F2N11O12/c1-60-15-17-62(18-16-60)39-30-37(57-50-56-31-40-44(59-50)63(33-7-4-5-8-33)32-51(52,53)49(70)61(40)2)41(71-3)29-35(39)45(66)55-14-20-73-22-24-75-26-28-76-27-25-74-23-21-72-19-13-54-36-10-6-9-34-43(36)48(69)64(47(34)68)38-11-12-42(65)58-46(38)67/h6,9-10,29-31,33,38,54H,4-5,7-8,11-28,32H2,1-3H3,(H,55,66)(H,56,57,59)(H,58,65,67). The fourth-order valence-electron chi connectivity index (χ4n) is 9.78. The van der Waals surface area contributed by atoms with Gasteiger partial charge in [0.2, 0.25) is 17.8 Å². The molecule has 0 spiro atoms. The van der Waals surface area contributed by atoms with E-state index in [-0.39, 0.29) is 66.5 Å². The van der Waals surface area contributed by atoms with Gasteiger partial charge in [-0.2, -0.15) is 13.8 Å². The van der Waals surface area contributed by atoms with Crippen LogP contribution in [0.2, 0.25) is 0 Å². The summed E-state index contributed by atoms with van der Waals surface area (Å²) in [5.74, 6) is -6.78. The summed E-state index contributed by atoms with van der Waals surface area (Å²) in [5.41, 5.74) is 2.56. The van der Waals surface area contributed by atoms with Crippen molar-refractivity contribution in [2.75, 3.05) is 158 Å². The molecule has 1 aromatic heterocycles. The minimum atomic E-state index is -3.61. The van der Waals surface area contributed by atoms with Crippen LogP contribution in [0.5, 0.6) is 5.75 Å². The van der Waals surface area contributed by atoms with Crippen LogP contribution in [-0.4, -0.2) is 206 Å². The zero-order valence-electron chi connectivity index (χ0n) is 43.2. The molecule has 3 fully saturated rings. The summed E-state index contributed by atoms with van der Waals surface area (Å²) in [5, 5.41) is 11.5. The van der Waals surface area contributed by atoms with E-state index in [2.05, 4.69) is 36.1 Å². The van der Waals surface area contributed by atoms with Gasteiger partial charge in [-0.1, -0.05) is 18.9 Å². The fraction of sp³-hybridized carbons (Fsp3) is 0.569. The van der Waals surface area contributed by atoms with E-state index in [0.29, 0.717) is 120 Å². The highest BCUT2D eigenvalue weighted by molar-refractivity contribution is 6.25. The Balaban J connectivity index is 0.707. The van der Waals surface area contributed by atoms with Crippen molar-refractivity contribution in [3.63, 3.8) is 0 Å². The van der Waals surface area contributed by atoms with Gasteiger partial charge in [0.25, 0.3) is 23.6 Å². The third-order valence-corrected chi connectivity index (χ3v) is 13.8. The Kier molecular flexibility index (Phi) is 19.0. The quantitative estimate of drug-likeness (QED) is 0.0667. The number of piperazine rings is 1. The molecule has 2 saturated heterocycles. The molecule has 4 N–H and O–H groups in total. The van der Waals surface area contributed by atoms with Crippen LogP contribution in [-0.2, 0) is 38.1 Å². The fourth-order valence-corrected chi connectivity index (χ4v) is 9.78. The number of carbonyl (C=O) groups excluding carboxylic acids is 6. The number of benzene rings is 2. The van der Waals surface area contributed by atoms with Gasteiger partial charge in [0, 0.05) is 64.5 Å². The van der Waals surface area contributed by atoms with E-state index in [1.807, 2.05) is 13.1 Å². The lowest BCUT2D eigenvalue weighted by Gasteiger charge is -2.35. The second-order valence-electron chi connectivity index (χ2n) is 18.9. The van der Waals surface area contributed by atoms with Crippen LogP contribution in [0, 0.1) is 0 Å². The Hall–Kier alpha value is -6.64. The highest BCUT2D eigenvalue weighted by atomic mass is 19.3. The van der Waals surface area contributed by atoms with Crippen molar-refractivity contribution in [3.8, 4) is 5.75 Å². The van der Waals surface area contributed by atoms with Crippen LogP contribution < -0.4 is 40.7 Å². The summed E-state index contributed by atoms with van der Waals surface area (Å²) in [6, 6.07) is 7.11. The summed E-state index contributed by atoms with van der Waals surface area (Å²) in [7, 11) is 4.84. The van der Waals surface area contributed by atoms with E-state index in [1.165, 1.54) is 26.4 Å². The maximum atomic E-state index is 15.2. The van der Waals surface area contributed by atoms with Crippen LogP contribution in [0.15, 0.2) is 36.5 Å². The molecule has 1 atom stereocenters. The number of aromatic nitrogens is 2. The topological polar surface area (TPSA) is 248 Å². The lowest BCUT2D eigenvalue weighted by Crippen LogP contribution is -2.54. The van der Waals surface area contributed by atoms with Gasteiger partial charge in [-0.05, 0) is 50.6 Å². The van der Waals surface area contributed by atoms with Gasteiger partial charge < -0.3 is 64.0 Å². The Morgan fingerprint density at radius 2 is 1.43 bits per heavy atom. The summed E-state index contributed by atoms with van der Waals surface area (Å²) < 4.78 is 64.3. The third-order valence-electron chi connectivity index (χ3n) is 13.8. The van der Waals surface area contributed by atoms with Gasteiger partial charge >= 0.3 is 5.92 Å². The first kappa shape index (κ1) is 55.6. The highest BCUT2D eigenvalue weighted by Gasteiger charge is 2.49. The van der Waals surface area contributed by atoms with Gasteiger partial charge in [-0.15, -0.1) is 0 Å². The van der Waals surface area contributed by atoms with Crippen LogP contribution in [0.25, 0.3) is 0 Å². The maximum absolute atomic E-state index is 15.2. The second kappa shape index (κ2) is 25.9. The number of carbonyl (C=O) groups is 6. The van der Waals surface area contributed by atoms with Crippen LogP contribution in [0.1, 0.15) is 69.6 Å². The Morgan fingerprint density at radius 1 is 0.789 bits per heavy atom. The number of halogens is 2. The minimum absolute atomic E-state index is 0.0454. The van der Waals surface area contributed by atoms with E-state index in [9.17, 15) is 28.8 Å². The van der Waals surface area contributed by atoms with Crippen molar-refractivity contribution < 1.29 is 66.0 Å². The number of nitrogens with one attached hydrogen (secondary N) is 4. The lowest BCUT2D eigenvalue weighted by molar-refractivity contribution is -0.140. The average Bonchev–Trinajstić information content (AvgIpc) is 4.09. The molecule has 5 aliphatic rings. The number of fused-ring (bicyclic) bond motifs is 2. The Bertz CT molecular complexity index is 2580. The number of ether oxygens (including phenoxy) is 6. The first-order chi connectivity index (χ1) is 36.7. The second-order valence-corrected chi connectivity index (χ2v) is 18.9. The van der Waals surface area contributed by atoms with E-state index in [0.717, 1.165) is 35.7 Å². The molecule has 412 valence electrons. The molecule has 5 heterocycles. The first-order valence-corrected chi connectivity index (χ1v) is 25.7. The normalized spacial score (nSPS) is 19.0. The average molecular weight is 1060 g/mol. The lowest BCUT2D eigenvalue weighted by atomic mass is 10.0. The van der Waals surface area contributed by atoms with Gasteiger partial charge in [0.05, 0.1) is 114 Å². The molecular formula is C51H67F2N11O12. The number of methoxy groups -OCH3 is 1. The summed E-state index contributed by atoms with van der Waals surface area (Å²) in [4.78, 5) is 93.8. The smallest absolute Gasteiger partial charge is 0.342 e. The SMILES string of the molecule is COc1cc(C(=O)NCCOCCOCCOCCOCCOCCNc2cccc3c2C(=O)N(C2CCC(=O)NC2=O)C3=O)c(N2CCN(C)CC2)cc1Nc1ncc2c(n1)N(C1CCCC1)CC(F)(F)C(=O)N2C. The van der Waals surface area contributed by atoms with E-state index >= 15 is 8.78 Å². The van der Waals surface area contributed by atoms with Crippen molar-refractivity contribution in [3.05, 3.63) is 53.2 Å². The van der Waals surface area contributed by atoms with Crippen molar-refractivity contribution in [1.82, 2.24) is 30.4 Å². The molecule has 2 aromatic carbocycles. The minimum Gasteiger partial charge on any atom is -0.495 e. The molecule has 4 aliphatic heterocycles. The number of anilines is 6. The number of rotatable bonds is 26. The molecule has 25 heteroatoms. The van der Waals surface area contributed by atoms with Crippen molar-refractivity contribution in [1.29, 1.82) is 0 Å². The molecule has 76 heavy (non-hydrogen) atoms. The maximum Gasteiger partial charge on any atom is 0.342 e. The molecule has 0 bridgehead atoms. The first-order valence-electron chi connectivity index (χ1n) is 25.7. The molecule has 8 rings (SSSR count). The molecule has 6 amide bonds. The van der Waals surface area contributed by atoms with Crippen LogP contribution in [0.4, 0.5) is 43.3 Å². The van der Waals surface area contributed by atoms with E-state index in [1.54, 1.807) is 23.1 Å². The van der Waals surface area contributed by atoms with Gasteiger partial charge in [0.15, 0.2) is 5.82 Å². The monoisotopic (exact) mass is 1060 g/mol. The number of alkyl halides is 2. The van der Waals surface area contributed by atoms with Gasteiger partial charge in [0.1, 0.15) is 17.5 Å². The number of nitrogens with zero attached hydrogens (tertiary/aromatic N) is 7. The highest BCUT2D eigenvalue weighted by Crippen LogP contribution is 2.41. The third kappa shape index (κ3) is 13.3. The predicted molar refractivity (Wildman–Crippen MR) is 274 cm³/mol. The number of piperidine rings is 1. The predicted octanol–water partition coefficient (Wildman–Crippen LogP) is 2.67. The number of hydrogen-bond acceptors (Lipinski definition) is 19. The number of hydrogen-bond donors (Lipinski definition) is 4. The molecular weight excluding hydrogens is 997 g/mol. The number of imide groups is 2. The summed E-state index contributed by atoms with van der Waals surface area (Å²) in [6.45, 7) is 5.98.